The van der Waals surface area contributed by atoms with E-state index >= 15 is 0 Å². The molecule has 2 rings (SSSR count). The van der Waals surface area contributed by atoms with Gasteiger partial charge in [0, 0.05) is 11.2 Å². The lowest BCUT2D eigenvalue weighted by Crippen LogP contribution is -2.12. The minimum absolute atomic E-state index is 0.0184. The molecule has 0 aliphatic rings. The van der Waals surface area contributed by atoms with Gasteiger partial charge in [-0.1, -0.05) is 11.6 Å². The molecule has 0 aliphatic carbocycles. The number of nitrogens with one attached hydrogen (secondary N) is 1. The van der Waals surface area contributed by atoms with Crippen LogP contribution in [-0.2, 0) is 16.6 Å². The molecule has 1 aromatic carbocycles. The van der Waals surface area contributed by atoms with E-state index in [1.54, 1.807) is 0 Å². The number of halogens is 2. The highest BCUT2D eigenvalue weighted by atomic mass is 35.5. The fraction of sp³-hybridized carbons (Fsp3) is 0.182. The molecule has 108 valence electrons. The van der Waals surface area contributed by atoms with Gasteiger partial charge in [-0.15, -0.1) is 0 Å². The van der Waals surface area contributed by atoms with E-state index in [-0.39, 0.29) is 28.8 Å². The summed E-state index contributed by atoms with van der Waals surface area (Å²) in [5, 5.41) is 12.6. The zero-order valence-electron chi connectivity index (χ0n) is 10.1. The van der Waals surface area contributed by atoms with Crippen LogP contribution in [-0.4, -0.2) is 29.9 Å². The lowest BCUT2D eigenvalue weighted by Gasteiger charge is -2.06. The molecule has 0 spiro atoms. The van der Waals surface area contributed by atoms with Gasteiger partial charge in [0.15, 0.2) is 0 Å². The molecular weight excluding hydrogens is 309 g/mol. The van der Waals surface area contributed by atoms with Crippen LogP contribution in [0.2, 0.25) is 5.02 Å². The highest BCUT2D eigenvalue weighted by Gasteiger charge is 2.17. The molecule has 0 fully saturated rings. The number of hydrogen-bond donors (Lipinski definition) is 2. The van der Waals surface area contributed by atoms with Crippen LogP contribution in [0, 0.1) is 5.82 Å². The summed E-state index contributed by atoms with van der Waals surface area (Å²) in [7, 11) is -3.88. The Morgan fingerprint density at radius 3 is 2.80 bits per heavy atom. The third-order valence-corrected chi connectivity index (χ3v) is 3.92. The molecule has 0 atom stereocenters. The Morgan fingerprint density at radius 2 is 2.15 bits per heavy atom. The molecule has 2 N–H and O–H groups in total. The Bertz CT molecular complexity index is 697. The Kier molecular flexibility index (Phi) is 4.26. The number of aromatic nitrogens is 2. The van der Waals surface area contributed by atoms with E-state index in [4.69, 9.17) is 16.7 Å². The third-order valence-electron chi connectivity index (χ3n) is 2.36. The van der Waals surface area contributed by atoms with Crippen LogP contribution in [0.5, 0.6) is 0 Å². The number of anilines is 1. The molecule has 0 saturated heterocycles. The highest BCUT2D eigenvalue weighted by molar-refractivity contribution is 7.92. The molecule has 0 saturated carbocycles. The van der Waals surface area contributed by atoms with E-state index in [0.29, 0.717) is 0 Å². The summed E-state index contributed by atoms with van der Waals surface area (Å²) in [5.74, 6) is -0.647. The van der Waals surface area contributed by atoms with Gasteiger partial charge in [0.25, 0.3) is 10.0 Å². The molecule has 0 unspecified atom stereocenters. The van der Waals surface area contributed by atoms with Gasteiger partial charge in [0.05, 0.1) is 25.0 Å². The number of sulfonamides is 1. The van der Waals surface area contributed by atoms with Crippen LogP contribution in [0.25, 0.3) is 0 Å². The lowest BCUT2D eigenvalue weighted by atomic mass is 10.3. The molecule has 0 amide bonds. The summed E-state index contributed by atoms with van der Waals surface area (Å²) in [4.78, 5) is -0.0914. The van der Waals surface area contributed by atoms with Gasteiger partial charge in [0.1, 0.15) is 10.7 Å². The second-order valence-electron chi connectivity index (χ2n) is 3.93. The van der Waals surface area contributed by atoms with Gasteiger partial charge in [-0.3, -0.25) is 9.40 Å². The average Bonchev–Trinajstić information content (AvgIpc) is 2.76. The maximum Gasteiger partial charge on any atom is 0.265 e. The first-order chi connectivity index (χ1) is 9.40. The minimum Gasteiger partial charge on any atom is -0.394 e. The first-order valence-corrected chi connectivity index (χ1v) is 7.39. The third kappa shape index (κ3) is 3.47. The summed E-state index contributed by atoms with van der Waals surface area (Å²) >= 11 is 5.65. The van der Waals surface area contributed by atoms with Crippen molar-refractivity contribution in [2.24, 2.45) is 0 Å². The number of benzene rings is 1. The molecule has 2 aromatic rings. The van der Waals surface area contributed by atoms with Gasteiger partial charge in [-0.25, -0.2) is 12.8 Å². The van der Waals surface area contributed by atoms with E-state index < -0.39 is 15.8 Å². The second-order valence-corrected chi connectivity index (χ2v) is 6.05. The summed E-state index contributed by atoms with van der Waals surface area (Å²) in [6.07, 6.45) is 2.40. The van der Waals surface area contributed by atoms with Crippen LogP contribution in [0.15, 0.2) is 35.5 Å². The first-order valence-electron chi connectivity index (χ1n) is 5.53. The monoisotopic (exact) mass is 319 g/mol. The number of rotatable bonds is 5. The predicted octanol–water partition coefficient (Wildman–Crippen LogP) is 1.47. The highest BCUT2D eigenvalue weighted by Crippen LogP contribution is 2.21. The Labute approximate surface area is 119 Å². The maximum atomic E-state index is 13.1. The lowest BCUT2D eigenvalue weighted by molar-refractivity contribution is 0.269. The number of aliphatic hydroxyl groups excluding tert-OH is 1. The van der Waals surface area contributed by atoms with E-state index in [2.05, 4.69) is 9.82 Å². The number of hydrogen-bond acceptors (Lipinski definition) is 4. The van der Waals surface area contributed by atoms with Gasteiger partial charge < -0.3 is 5.11 Å². The van der Waals surface area contributed by atoms with Gasteiger partial charge in [-0.2, -0.15) is 5.10 Å². The van der Waals surface area contributed by atoms with E-state index in [1.807, 2.05) is 0 Å². The summed E-state index contributed by atoms with van der Waals surface area (Å²) in [6, 6.07) is 3.38. The second kappa shape index (κ2) is 5.78. The molecule has 9 heteroatoms. The number of nitrogens with zero attached hydrogens (tertiary/aromatic N) is 2. The topological polar surface area (TPSA) is 84.2 Å². The van der Waals surface area contributed by atoms with Gasteiger partial charge in [0.2, 0.25) is 0 Å². The van der Waals surface area contributed by atoms with Crippen molar-refractivity contribution in [3.63, 3.8) is 0 Å². The molecule has 1 heterocycles. The van der Waals surface area contributed by atoms with Crippen molar-refractivity contribution in [1.29, 1.82) is 0 Å². The SMILES string of the molecule is O=S(=O)(Nc1cc(F)cc(Cl)c1)c1cnn(CCO)c1. The summed E-state index contributed by atoms with van der Waals surface area (Å²) in [6.45, 7) is 0.0232. The summed E-state index contributed by atoms with van der Waals surface area (Å²) in [5.41, 5.74) is 0.0184. The van der Waals surface area contributed by atoms with Crippen LogP contribution < -0.4 is 4.72 Å². The molecule has 1 aromatic heterocycles. The van der Waals surface area contributed by atoms with Crippen molar-refractivity contribution in [2.45, 2.75) is 11.4 Å². The maximum absolute atomic E-state index is 13.1. The molecule has 20 heavy (non-hydrogen) atoms. The van der Waals surface area contributed by atoms with Crippen molar-refractivity contribution in [3.05, 3.63) is 41.4 Å². The van der Waals surface area contributed by atoms with Crippen molar-refractivity contribution >= 4 is 27.3 Å². The normalized spacial score (nSPS) is 11.6. The fourth-order valence-corrected chi connectivity index (χ4v) is 2.75. The van der Waals surface area contributed by atoms with Crippen LogP contribution >= 0.6 is 11.6 Å². The first kappa shape index (κ1) is 14.8. The van der Waals surface area contributed by atoms with E-state index in [1.165, 1.54) is 16.9 Å². The van der Waals surface area contributed by atoms with Crippen molar-refractivity contribution < 1.29 is 17.9 Å². The molecule has 0 bridgehead atoms. The Balaban J connectivity index is 2.25. The Hall–Kier alpha value is -1.64. The van der Waals surface area contributed by atoms with Crippen LogP contribution in [0.3, 0.4) is 0 Å². The van der Waals surface area contributed by atoms with Crippen LogP contribution in [0.1, 0.15) is 0 Å². The van der Waals surface area contributed by atoms with Crippen molar-refractivity contribution in [3.8, 4) is 0 Å². The molecule has 6 nitrogen and oxygen atoms in total. The quantitative estimate of drug-likeness (QED) is 0.874. The molecule has 0 aliphatic heterocycles. The standard InChI is InChI=1S/C11H11ClFN3O3S/c12-8-3-9(13)5-10(4-8)15-20(18,19)11-6-14-16(7-11)1-2-17/h3-7,15,17H,1-2H2. The summed E-state index contributed by atoms with van der Waals surface area (Å²) < 4.78 is 40.7. The molecular formula is C11H11ClFN3O3S. The predicted molar refractivity (Wildman–Crippen MR) is 71.5 cm³/mol. The van der Waals surface area contributed by atoms with Gasteiger partial charge >= 0.3 is 0 Å². The number of aliphatic hydroxyl groups is 1. The average molecular weight is 320 g/mol. The molecule has 0 radical (unpaired) electrons. The van der Waals surface area contributed by atoms with Crippen LogP contribution in [0.4, 0.5) is 10.1 Å². The van der Waals surface area contributed by atoms with Crippen molar-refractivity contribution in [1.82, 2.24) is 9.78 Å². The zero-order valence-corrected chi connectivity index (χ0v) is 11.7. The van der Waals surface area contributed by atoms with E-state index in [9.17, 15) is 12.8 Å². The largest absolute Gasteiger partial charge is 0.394 e. The van der Waals surface area contributed by atoms with Gasteiger partial charge in [-0.05, 0) is 18.2 Å². The van der Waals surface area contributed by atoms with E-state index in [0.717, 1.165) is 18.3 Å². The van der Waals surface area contributed by atoms with Crippen molar-refractivity contribution in [2.75, 3.05) is 11.3 Å². The Morgan fingerprint density at radius 1 is 1.40 bits per heavy atom. The minimum atomic E-state index is -3.88. The fourth-order valence-electron chi connectivity index (χ4n) is 1.53. The zero-order chi connectivity index (χ0) is 14.8. The smallest absolute Gasteiger partial charge is 0.265 e.